The number of halogens is 1. The maximum absolute atomic E-state index is 13.3. The van der Waals surface area contributed by atoms with Crippen LogP contribution in [-0.4, -0.2) is 9.97 Å². The molecule has 0 aliphatic carbocycles. The molecule has 25 heavy (non-hydrogen) atoms. The number of furan rings is 1. The molecule has 0 unspecified atom stereocenters. The van der Waals surface area contributed by atoms with E-state index in [9.17, 15) is 4.39 Å². The van der Waals surface area contributed by atoms with E-state index in [1.165, 1.54) is 12.1 Å². The van der Waals surface area contributed by atoms with Gasteiger partial charge in [0.05, 0.1) is 5.69 Å². The fraction of sp³-hybridized carbons (Fsp3) is 0.0952. The summed E-state index contributed by atoms with van der Waals surface area (Å²) < 4.78 is 19.3. The first-order chi connectivity index (χ1) is 12.1. The number of hydrogen-bond acceptors (Lipinski definition) is 2. The summed E-state index contributed by atoms with van der Waals surface area (Å²) in [7, 11) is 0. The van der Waals surface area contributed by atoms with E-state index >= 15 is 0 Å². The van der Waals surface area contributed by atoms with Crippen LogP contribution in [0.15, 0.2) is 65.1 Å². The van der Waals surface area contributed by atoms with Crippen molar-refractivity contribution >= 4 is 0 Å². The van der Waals surface area contributed by atoms with E-state index in [0.717, 1.165) is 28.1 Å². The first kappa shape index (κ1) is 15.4. The average Bonchev–Trinajstić information content (AvgIpc) is 3.22. The first-order valence-electron chi connectivity index (χ1n) is 8.10. The summed E-state index contributed by atoms with van der Waals surface area (Å²) in [4.78, 5) is 7.97. The molecule has 0 saturated carbocycles. The molecule has 2 aromatic heterocycles. The van der Waals surface area contributed by atoms with E-state index < -0.39 is 0 Å². The maximum Gasteiger partial charge on any atom is 0.174 e. The predicted octanol–water partition coefficient (Wildman–Crippen LogP) is 5.76. The Bertz CT molecular complexity index is 1030. The number of nitrogens with one attached hydrogen (secondary N) is 1. The Labute approximate surface area is 145 Å². The number of aromatic amines is 1. The Kier molecular flexibility index (Phi) is 3.73. The SMILES string of the molecule is Cc1cc(F)ccc1-c1ccc(-c2nc(-c3ccccc3)c(C)[nH]2)o1. The van der Waals surface area contributed by atoms with Crippen LogP contribution >= 0.6 is 0 Å². The minimum absolute atomic E-state index is 0.248. The van der Waals surface area contributed by atoms with E-state index in [0.29, 0.717) is 17.3 Å². The molecular weight excluding hydrogens is 315 g/mol. The molecule has 0 fully saturated rings. The van der Waals surface area contributed by atoms with Crippen LogP contribution in [0.5, 0.6) is 0 Å². The summed E-state index contributed by atoms with van der Waals surface area (Å²) in [6.07, 6.45) is 0. The van der Waals surface area contributed by atoms with Crippen LogP contribution in [-0.2, 0) is 0 Å². The Morgan fingerprint density at radius 3 is 2.44 bits per heavy atom. The lowest BCUT2D eigenvalue weighted by Gasteiger charge is -2.02. The van der Waals surface area contributed by atoms with Gasteiger partial charge in [-0.3, -0.25) is 0 Å². The summed E-state index contributed by atoms with van der Waals surface area (Å²) in [6.45, 7) is 3.86. The van der Waals surface area contributed by atoms with Gasteiger partial charge in [0.1, 0.15) is 11.6 Å². The monoisotopic (exact) mass is 332 g/mol. The van der Waals surface area contributed by atoms with Gasteiger partial charge in [-0.1, -0.05) is 30.3 Å². The smallest absolute Gasteiger partial charge is 0.174 e. The molecule has 0 radical (unpaired) electrons. The zero-order valence-electron chi connectivity index (χ0n) is 14.0. The van der Waals surface area contributed by atoms with Crippen molar-refractivity contribution < 1.29 is 8.81 Å². The maximum atomic E-state index is 13.3. The van der Waals surface area contributed by atoms with Crippen molar-refractivity contribution in [1.82, 2.24) is 9.97 Å². The third kappa shape index (κ3) is 2.87. The van der Waals surface area contributed by atoms with Gasteiger partial charge >= 0.3 is 0 Å². The molecule has 4 rings (SSSR count). The second-order valence-electron chi connectivity index (χ2n) is 6.05. The fourth-order valence-electron chi connectivity index (χ4n) is 2.97. The molecule has 0 spiro atoms. The lowest BCUT2D eigenvalue weighted by atomic mass is 10.1. The van der Waals surface area contributed by atoms with Gasteiger partial charge in [0.2, 0.25) is 0 Å². The number of aromatic nitrogens is 2. The van der Waals surface area contributed by atoms with Gasteiger partial charge in [-0.05, 0) is 49.7 Å². The molecule has 2 aromatic carbocycles. The highest BCUT2D eigenvalue weighted by molar-refractivity contribution is 5.68. The highest BCUT2D eigenvalue weighted by Crippen LogP contribution is 2.31. The standard InChI is InChI=1S/C21H17FN2O/c1-13-12-16(22)8-9-17(13)18-10-11-19(25-18)21-23-14(2)20(24-21)15-6-4-3-5-7-15/h3-12H,1-2H3,(H,23,24). The topological polar surface area (TPSA) is 41.8 Å². The highest BCUT2D eigenvalue weighted by Gasteiger charge is 2.14. The van der Waals surface area contributed by atoms with Crippen molar-refractivity contribution in [2.75, 3.05) is 0 Å². The number of aryl methyl sites for hydroxylation is 2. The van der Waals surface area contributed by atoms with Gasteiger partial charge in [0, 0.05) is 16.8 Å². The van der Waals surface area contributed by atoms with E-state index in [-0.39, 0.29) is 5.82 Å². The normalized spacial score (nSPS) is 11.0. The van der Waals surface area contributed by atoms with Crippen LogP contribution in [0, 0.1) is 19.7 Å². The number of imidazole rings is 1. The summed E-state index contributed by atoms with van der Waals surface area (Å²) in [5.74, 6) is 1.79. The van der Waals surface area contributed by atoms with Gasteiger partial charge < -0.3 is 9.40 Å². The van der Waals surface area contributed by atoms with Crippen LogP contribution < -0.4 is 0 Å². The second-order valence-corrected chi connectivity index (χ2v) is 6.05. The van der Waals surface area contributed by atoms with E-state index in [1.807, 2.05) is 56.3 Å². The average molecular weight is 332 g/mol. The van der Waals surface area contributed by atoms with Gasteiger partial charge in [-0.25, -0.2) is 9.37 Å². The molecule has 0 aliphatic heterocycles. The Morgan fingerprint density at radius 1 is 0.920 bits per heavy atom. The molecule has 3 nitrogen and oxygen atoms in total. The van der Waals surface area contributed by atoms with Crippen molar-refractivity contribution in [2.45, 2.75) is 13.8 Å². The Morgan fingerprint density at radius 2 is 1.68 bits per heavy atom. The van der Waals surface area contributed by atoms with Crippen molar-refractivity contribution in [1.29, 1.82) is 0 Å². The number of benzene rings is 2. The van der Waals surface area contributed by atoms with Gasteiger partial charge in [-0.2, -0.15) is 0 Å². The molecule has 4 aromatic rings. The molecule has 0 amide bonds. The third-order valence-electron chi connectivity index (χ3n) is 4.23. The zero-order valence-corrected chi connectivity index (χ0v) is 14.0. The number of hydrogen-bond donors (Lipinski definition) is 1. The van der Waals surface area contributed by atoms with E-state index in [1.54, 1.807) is 6.07 Å². The quantitative estimate of drug-likeness (QED) is 0.518. The van der Waals surface area contributed by atoms with Crippen LogP contribution in [0.1, 0.15) is 11.3 Å². The van der Waals surface area contributed by atoms with Gasteiger partial charge in [-0.15, -0.1) is 0 Å². The van der Waals surface area contributed by atoms with Crippen LogP contribution in [0.2, 0.25) is 0 Å². The lowest BCUT2D eigenvalue weighted by molar-refractivity contribution is 0.591. The predicted molar refractivity (Wildman–Crippen MR) is 96.6 cm³/mol. The van der Waals surface area contributed by atoms with Gasteiger partial charge in [0.15, 0.2) is 11.6 Å². The molecule has 0 bridgehead atoms. The fourth-order valence-corrected chi connectivity index (χ4v) is 2.97. The second kappa shape index (κ2) is 6.06. The minimum Gasteiger partial charge on any atom is -0.453 e. The summed E-state index contributed by atoms with van der Waals surface area (Å²) in [6, 6.07) is 18.5. The van der Waals surface area contributed by atoms with E-state index in [2.05, 4.69) is 9.97 Å². The third-order valence-corrected chi connectivity index (χ3v) is 4.23. The van der Waals surface area contributed by atoms with Crippen molar-refractivity contribution in [3.05, 3.63) is 77.7 Å². The first-order valence-corrected chi connectivity index (χ1v) is 8.10. The van der Waals surface area contributed by atoms with Crippen molar-refractivity contribution in [2.24, 2.45) is 0 Å². The van der Waals surface area contributed by atoms with Crippen LogP contribution in [0.3, 0.4) is 0 Å². The number of nitrogens with zero attached hydrogens (tertiary/aromatic N) is 1. The Balaban J connectivity index is 1.71. The minimum atomic E-state index is -0.248. The summed E-state index contributed by atoms with van der Waals surface area (Å²) in [5.41, 5.74) is 4.66. The largest absolute Gasteiger partial charge is 0.453 e. The van der Waals surface area contributed by atoms with Crippen LogP contribution in [0.25, 0.3) is 34.2 Å². The molecule has 0 saturated heterocycles. The zero-order chi connectivity index (χ0) is 17.4. The molecule has 0 aliphatic rings. The van der Waals surface area contributed by atoms with E-state index in [4.69, 9.17) is 4.42 Å². The molecule has 2 heterocycles. The highest BCUT2D eigenvalue weighted by atomic mass is 19.1. The van der Waals surface area contributed by atoms with Crippen molar-refractivity contribution in [3.8, 4) is 34.2 Å². The molecular formula is C21H17FN2O. The molecule has 4 heteroatoms. The van der Waals surface area contributed by atoms with Crippen LogP contribution in [0.4, 0.5) is 4.39 Å². The number of rotatable bonds is 3. The molecule has 0 atom stereocenters. The van der Waals surface area contributed by atoms with Gasteiger partial charge in [0.25, 0.3) is 0 Å². The van der Waals surface area contributed by atoms with Crippen molar-refractivity contribution in [3.63, 3.8) is 0 Å². The summed E-state index contributed by atoms with van der Waals surface area (Å²) >= 11 is 0. The molecule has 1 N–H and O–H groups in total. The lowest BCUT2D eigenvalue weighted by Crippen LogP contribution is -1.83. The number of H-pyrrole nitrogens is 1. The molecule has 124 valence electrons. The summed E-state index contributed by atoms with van der Waals surface area (Å²) in [5, 5.41) is 0. The Hall–Kier alpha value is -3.14.